The lowest BCUT2D eigenvalue weighted by molar-refractivity contribution is -0.158. The van der Waals surface area contributed by atoms with Crippen molar-refractivity contribution in [1.29, 1.82) is 0 Å². The molecular formula is C16H31N3O5. The van der Waals surface area contributed by atoms with Crippen LogP contribution in [-0.2, 0) is 14.4 Å². The zero-order valence-electron chi connectivity index (χ0n) is 15.1. The van der Waals surface area contributed by atoms with Gasteiger partial charge in [-0.1, -0.05) is 27.7 Å². The minimum absolute atomic E-state index is 0.111. The maximum atomic E-state index is 12.2. The standard InChI is InChI=1S/C16H31N3O5/c1-9(2)6-7-18-13(21)11(8-10(3)4)19-14(22)12(20)16(5,24)15(17)23/h9-12,20,24H,6-8H2,1-5H3,(H2,17,23)(H,18,21)(H,19,22)/t11-,12+,16-/m0/s1. The minimum atomic E-state index is -2.42. The Kier molecular flexibility index (Phi) is 8.92. The van der Waals surface area contributed by atoms with E-state index in [0.29, 0.717) is 18.9 Å². The van der Waals surface area contributed by atoms with Crippen LogP contribution in [0.3, 0.4) is 0 Å². The van der Waals surface area contributed by atoms with Crippen LogP contribution in [0.1, 0.15) is 47.5 Å². The van der Waals surface area contributed by atoms with E-state index in [-0.39, 0.29) is 11.8 Å². The average Bonchev–Trinajstić information content (AvgIpc) is 2.44. The Bertz CT molecular complexity index is 449. The first kappa shape index (κ1) is 22.3. The number of hydrogen-bond acceptors (Lipinski definition) is 5. The summed E-state index contributed by atoms with van der Waals surface area (Å²) in [5, 5.41) is 24.7. The van der Waals surface area contributed by atoms with Gasteiger partial charge in [0.05, 0.1) is 0 Å². The Morgan fingerprint density at radius 1 is 1.08 bits per heavy atom. The molecule has 0 unspecified atom stereocenters. The van der Waals surface area contributed by atoms with Gasteiger partial charge in [0.2, 0.25) is 5.91 Å². The molecule has 0 radical (unpaired) electrons. The van der Waals surface area contributed by atoms with E-state index in [1.807, 2.05) is 27.7 Å². The molecule has 0 spiro atoms. The van der Waals surface area contributed by atoms with E-state index in [9.17, 15) is 24.6 Å². The van der Waals surface area contributed by atoms with Crippen molar-refractivity contribution in [1.82, 2.24) is 10.6 Å². The summed E-state index contributed by atoms with van der Waals surface area (Å²) in [5.74, 6) is -2.09. The number of hydrogen-bond donors (Lipinski definition) is 5. The number of carbonyl (C=O) groups is 3. The molecule has 0 aromatic carbocycles. The largest absolute Gasteiger partial charge is 0.380 e. The molecule has 8 heteroatoms. The van der Waals surface area contributed by atoms with Crippen LogP contribution in [0.15, 0.2) is 0 Å². The third kappa shape index (κ3) is 7.27. The van der Waals surface area contributed by atoms with Crippen molar-refractivity contribution in [2.24, 2.45) is 17.6 Å². The second-order valence-electron chi connectivity index (χ2n) is 7.08. The van der Waals surface area contributed by atoms with Gasteiger partial charge < -0.3 is 26.6 Å². The van der Waals surface area contributed by atoms with E-state index >= 15 is 0 Å². The van der Waals surface area contributed by atoms with Gasteiger partial charge in [0.1, 0.15) is 6.04 Å². The number of carbonyl (C=O) groups excluding carboxylic acids is 3. The molecule has 24 heavy (non-hydrogen) atoms. The lowest BCUT2D eigenvalue weighted by Crippen LogP contribution is -2.59. The fraction of sp³-hybridized carbons (Fsp3) is 0.812. The summed E-state index contributed by atoms with van der Waals surface area (Å²) in [6.45, 7) is 9.25. The predicted molar refractivity (Wildman–Crippen MR) is 89.7 cm³/mol. The molecule has 0 saturated carbocycles. The molecule has 140 valence electrons. The topological polar surface area (TPSA) is 142 Å². The molecule has 0 heterocycles. The highest BCUT2D eigenvalue weighted by atomic mass is 16.4. The molecule has 0 saturated heterocycles. The molecule has 3 amide bonds. The van der Waals surface area contributed by atoms with Gasteiger partial charge in [0.25, 0.3) is 11.8 Å². The Morgan fingerprint density at radius 2 is 1.62 bits per heavy atom. The fourth-order valence-corrected chi connectivity index (χ4v) is 1.95. The van der Waals surface area contributed by atoms with Gasteiger partial charge in [-0.2, -0.15) is 0 Å². The number of rotatable bonds is 10. The van der Waals surface area contributed by atoms with Crippen LogP contribution < -0.4 is 16.4 Å². The first-order chi connectivity index (χ1) is 10.9. The maximum absolute atomic E-state index is 12.2. The number of amides is 3. The average molecular weight is 345 g/mol. The first-order valence-corrected chi connectivity index (χ1v) is 8.18. The van der Waals surface area contributed by atoms with Crippen molar-refractivity contribution in [3.8, 4) is 0 Å². The van der Waals surface area contributed by atoms with E-state index < -0.39 is 29.6 Å². The summed E-state index contributed by atoms with van der Waals surface area (Å²) in [4.78, 5) is 35.4. The number of nitrogens with two attached hydrogens (primary N) is 1. The van der Waals surface area contributed by atoms with Crippen LogP contribution in [0.4, 0.5) is 0 Å². The minimum Gasteiger partial charge on any atom is -0.380 e. The van der Waals surface area contributed by atoms with E-state index in [0.717, 1.165) is 13.3 Å². The molecule has 0 aliphatic rings. The molecule has 0 aromatic rings. The van der Waals surface area contributed by atoms with Gasteiger partial charge in [-0.3, -0.25) is 14.4 Å². The van der Waals surface area contributed by atoms with Crippen LogP contribution in [-0.4, -0.2) is 52.2 Å². The number of aliphatic hydroxyl groups is 2. The normalized spacial score (nSPS) is 16.4. The highest BCUT2D eigenvalue weighted by Crippen LogP contribution is 2.11. The Morgan fingerprint density at radius 3 is 2.04 bits per heavy atom. The summed E-state index contributed by atoms with van der Waals surface area (Å²) in [5.41, 5.74) is 2.55. The zero-order valence-corrected chi connectivity index (χ0v) is 15.1. The van der Waals surface area contributed by atoms with Gasteiger partial charge in [-0.25, -0.2) is 0 Å². The predicted octanol–water partition coefficient (Wildman–Crippen LogP) is -0.723. The lowest BCUT2D eigenvalue weighted by atomic mass is 9.96. The van der Waals surface area contributed by atoms with E-state index in [2.05, 4.69) is 10.6 Å². The summed E-state index contributed by atoms with van der Waals surface area (Å²) in [6.07, 6.45) is -0.911. The second-order valence-corrected chi connectivity index (χ2v) is 7.08. The quantitative estimate of drug-likeness (QED) is 0.355. The van der Waals surface area contributed by atoms with Crippen LogP contribution in [0.25, 0.3) is 0 Å². The molecule has 0 aliphatic heterocycles. The Labute approximate surface area is 143 Å². The van der Waals surface area contributed by atoms with Crippen molar-refractivity contribution in [3.05, 3.63) is 0 Å². The molecule has 0 aromatic heterocycles. The molecule has 0 fully saturated rings. The van der Waals surface area contributed by atoms with Crippen molar-refractivity contribution in [2.75, 3.05) is 6.54 Å². The third-order valence-electron chi connectivity index (χ3n) is 3.64. The van der Waals surface area contributed by atoms with Gasteiger partial charge in [0.15, 0.2) is 11.7 Å². The van der Waals surface area contributed by atoms with Gasteiger partial charge in [0, 0.05) is 6.54 Å². The molecule has 0 rings (SSSR count). The molecular weight excluding hydrogens is 314 g/mol. The first-order valence-electron chi connectivity index (χ1n) is 8.18. The van der Waals surface area contributed by atoms with Crippen molar-refractivity contribution >= 4 is 17.7 Å². The van der Waals surface area contributed by atoms with Gasteiger partial charge in [-0.05, 0) is 31.6 Å². The van der Waals surface area contributed by atoms with E-state index in [1.54, 1.807) is 0 Å². The van der Waals surface area contributed by atoms with Crippen LogP contribution in [0.2, 0.25) is 0 Å². The lowest BCUT2D eigenvalue weighted by Gasteiger charge is -2.27. The third-order valence-corrected chi connectivity index (χ3v) is 3.64. The summed E-state index contributed by atoms with van der Waals surface area (Å²) < 4.78 is 0. The Hall–Kier alpha value is -1.67. The monoisotopic (exact) mass is 345 g/mol. The maximum Gasteiger partial charge on any atom is 0.253 e. The van der Waals surface area contributed by atoms with Crippen molar-refractivity contribution < 1.29 is 24.6 Å². The summed E-state index contributed by atoms with van der Waals surface area (Å²) in [7, 11) is 0. The molecule has 0 bridgehead atoms. The van der Waals surface area contributed by atoms with Crippen LogP contribution in [0.5, 0.6) is 0 Å². The smallest absolute Gasteiger partial charge is 0.253 e. The second kappa shape index (κ2) is 9.58. The zero-order chi connectivity index (χ0) is 19.1. The van der Waals surface area contributed by atoms with E-state index in [4.69, 9.17) is 5.73 Å². The number of primary amides is 1. The summed E-state index contributed by atoms with van der Waals surface area (Å²) in [6, 6.07) is -0.872. The molecule has 0 aliphatic carbocycles. The number of nitrogens with one attached hydrogen (secondary N) is 2. The van der Waals surface area contributed by atoms with E-state index in [1.165, 1.54) is 0 Å². The van der Waals surface area contributed by atoms with Crippen LogP contribution >= 0.6 is 0 Å². The summed E-state index contributed by atoms with van der Waals surface area (Å²) >= 11 is 0. The molecule has 8 nitrogen and oxygen atoms in total. The highest BCUT2D eigenvalue weighted by Gasteiger charge is 2.42. The fourth-order valence-electron chi connectivity index (χ4n) is 1.95. The van der Waals surface area contributed by atoms with Crippen LogP contribution in [0, 0.1) is 11.8 Å². The van der Waals surface area contributed by atoms with Crippen molar-refractivity contribution in [2.45, 2.75) is 65.2 Å². The van der Waals surface area contributed by atoms with Crippen molar-refractivity contribution in [3.63, 3.8) is 0 Å². The molecule has 6 N–H and O–H groups in total. The Balaban J connectivity index is 4.91. The highest BCUT2D eigenvalue weighted by molar-refractivity contribution is 5.95. The molecule has 3 atom stereocenters. The number of aliphatic hydroxyl groups excluding tert-OH is 1. The SMILES string of the molecule is CC(C)CCNC(=O)[C@H](CC(C)C)NC(=O)[C@@H](O)[C@](C)(O)C(N)=O. The van der Waals surface area contributed by atoms with Gasteiger partial charge >= 0.3 is 0 Å². The van der Waals surface area contributed by atoms with Gasteiger partial charge in [-0.15, -0.1) is 0 Å².